The first-order valence-electron chi connectivity index (χ1n) is 8.04. The molecule has 28 heavy (non-hydrogen) atoms. The summed E-state index contributed by atoms with van der Waals surface area (Å²) in [6, 6.07) is 9.52. The predicted molar refractivity (Wildman–Crippen MR) is 101 cm³/mol. The van der Waals surface area contributed by atoms with Crippen LogP contribution in [0.5, 0.6) is 0 Å². The smallest absolute Gasteiger partial charge is 0.268 e. The fraction of sp³-hybridized carbons (Fsp3) is 0.150. The van der Waals surface area contributed by atoms with Crippen LogP contribution in [0, 0.1) is 6.92 Å². The van der Waals surface area contributed by atoms with Crippen LogP contribution in [0.15, 0.2) is 72.2 Å². The highest BCUT2D eigenvalue weighted by Crippen LogP contribution is 2.32. The second-order valence-electron chi connectivity index (χ2n) is 6.19. The lowest BCUT2D eigenvalue weighted by molar-refractivity contribution is -0.137. The molecule has 0 atom stereocenters. The van der Waals surface area contributed by atoms with Crippen LogP contribution in [0.2, 0.25) is 0 Å². The van der Waals surface area contributed by atoms with E-state index in [9.17, 15) is 26.4 Å². The molecule has 0 saturated heterocycles. The van der Waals surface area contributed by atoms with Crippen LogP contribution < -0.4 is 0 Å². The fourth-order valence-electron chi connectivity index (χ4n) is 2.33. The minimum Gasteiger partial charge on any atom is -0.268 e. The molecular weight excluding hydrogens is 391 g/mol. The minimum atomic E-state index is -4.54. The first-order valence-corrected chi connectivity index (χ1v) is 9.48. The van der Waals surface area contributed by atoms with Crippen LogP contribution >= 0.6 is 0 Å². The van der Waals surface area contributed by atoms with Gasteiger partial charge in [0.25, 0.3) is 15.9 Å². The van der Waals surface area contributed by atoms with E-state index in [1.54, 1.807) is 19.1 Å². The van der Waals surface area contributed by atoms with Gasteiger partial charge in [-0.2, -0.15) is 17.5 Å². The fourth-order valence-corrected chi connectivity index (χ4v) is 3.80. The number of alkyl halides is 3. The van der Waals surface area contributed by atoms with Gasteiger partial charge in [-0.3, -0.25) is 4.79 Å². The molecule has 8 heteroatoms. The summed E-state index contributed by atoms with van der Waals surface area (Å²) in [7, 11) is -4.35. The van der Waals surface area contributed by atoms with Crippen LogP contribution in [0.25, 0.3) is 5.70 Å². The molecule has 4 nitrogen and oxygen atoms in total. The van der Waals surface area contributed by atoms with Gasteiger partial charge in [0, 0.05) is 5.57 Å². The summed E-state index contributed by atoms with van der Waals surface area (Å²) >= 11 is 0. The van der Waals surface area contributed by atoms with Gasteiger partial charge < -0.3 is 0 Å². The van der Waals surface area contributed by atoms with Crippen LogP contribution in [-0.4, -0.2) is 18.6 Å². The molecule has 0 unspecified atom stereocenters. The average Bonchev–Trinajstić information content (AvgIpc) is 2.61. The first-order chi connectivity index (χ1) is 12.9. The molecule has 2 aromatic rings. The van der Waals surface area contributed by atoms with E-state index in [4.69, 9.17) is 0 Å². The first kappa shape index (κ1) is 21.4. The van der Waals surface area contributed by atoms with Crippen molar-refractivity contribution < 1.29 is 26.4 Å². The second-order valence-corrected chi connectivity index (χ2v) is 7.98. The molecule has 0 saturated carbocycles. The maximum Gasteiger partial charge on any atom is 0.416 e. The van der Waals surface area contributed by atoms with Gasteiger partial charge in [-0.1, -0.05) is 43.0 Å². The quantitative estimate of drug-likeness (QED) is 0.668. The number of nitrogens with zero attached hydrogens (tertiary/aromatic N) is 1. The van der Waals surface area contributed by atoms with Crippen molar-refractivity contribution in [2.75, 3.05) is 0 Å². The molecule has 2 rings (SSSR count). The summed E-state index contributed by atoms with van der Waals surface area (Å²) in [6.45, 7) is 10.2. The summed E-state index contributed by atoms with van der Waals surface area (Å²) < 4.78 is 64.9. The van der Waals surface area contributed by atoms with Gasteiger partial charge in [-0.15, -0.1) is 0 Å². The van der Waals surface area contributed by atoms with Gasteiger partial charge >= 0.3 is 6.18 Å². The molecule has 0 heterocycles. The molecular formula is C20H18F3NO3S. The lowest BCUT2D eigenvalue weighted by Crippen LogP contribution is -2.35. The number of carbonyl (C=O) groups is 1. The number of aryl methyl sites for hydroxylation is 1. The van der Waals surface area contributed by atoms with Crippen LogP contribution in [0.3, 0.4) is 0 Å². The Morgan fingerprint density at radius 1 is 0.964 bits per heavy atom. The zero-order valence-corrected chi connectivity index (χ0v) is 16.1. The standard InChI is InChI=1S/C20H18F3NO3S/c1-13(2)19(25)24(28(26,27)18-11-5-14(3)6-12-18)15(4)16-7-9-17(10-8-16)20(21,22)23/h5-12H,1,4H2,2-3H3. The predicted octanol–water partition coefficient (Wildman–Crippen LogP) is 4.78. The van der Waals surface area contributed by atoms with E-state index in [1.807, 2.05) is 0 Å². The van der Waals surface area contributed by atoms with Gasteiger partial charge in [0.15, 0.2) is 0 Å². The highest BCUT2D eigenvalue weighted by Gasteiger charge is 2.34. The Bertz CT molecular complexity index is 1020. The lowest BCUT2D eigenvalue weighted by atomic mass is 10.1. The van der Waals surface area contributed by atoms with E-state index in [1.165, 1.54) is 19.1 Å². The maximum absolute atomic E-state index is 13.1. The van der Waals surface area contributed by atoms with Crippen molar-refractivity contribution >= 4 is 21.6 Å². The maximum atomic E-state index is 13.1. The van der Waals surface area contributed by atoms with Crippen molar-refractivity contribution in [2.45, 2.75) is 24.9 Å². The summed E-state index contributed by atoms with van der Waals surface area (Å²) in [5.74, 6) is -0.925. The topological polar surface area (TPSA) is 54.5 Å². The molecule has 1 amide bonds. The number of hydrogen-bond donors (Lipinski definition) is 0. The summed E-state index contributed by atoms with van der Waals surface area (Å²) in [5, 5.41) is 0. The monoisotopic (exact) mass is 409 g/mol. The number of amides is 1. The molecule has 0 aliphatic carbocycles. The zero-order valence-electron chi connectivity index (χ0n) is 15.2. The third-order valence-corrected chi connectivity index (χ3v) is 5.63. The zero-order chi connectivity index (χ0) is 21.3. The highest BCUT2D eigenvalue weighted by atomic mass is 32.2. The molecule has 0 spiro atoms. The molecule has 2 aromatic carbocycles. The molecule has 0 radical (unpaired) electrons. The Kier molecular flexibility index (Phi) is 5.84. The number of carbonyl (C=O) groups excluding carboxylic acids is 1. The van der Waals surface area contributed by atoms with Crippen molar-refractivity contribution in [3.8, 4) is 0 Å². The SMILES string of the molecule is C=C(C)C(=O)N(C(=C)c1ccc(C(F)(F)F)cc1)S(=O)(=O)c1ccc(C)cc1. The largest absolute Gasteiger partial charge is 0.416 e. The molecule has 0 N–H and O–H groups in total. The number of hydrogen-bond acceptors (Lipinski definition) is 3. The summed E-state index contributed by atoms with van der Waals surface area (Å²) in [5.41, 5.74) is -0.370. The van der Waals surface area contributed by atoms with Crippen molar-refractivity contribution in [1.82, 2.24) is 4.31 Å². The van der Waals surface area contributed by atoms with Gasteiger partial charge in [0.05, 0.1) is 16.2 Å². The Hall–Kier alpha value is -2.87. The third kappa shape index (κ3) is 4.33. The summed E-state index contributed by atoms with van der Waals surface area (Å²) in [4.78, 5) is 12.4. The molecule has 148 valence electrons. The van der Waals surface area contributed by atoms with Crippen molar-refractivity contribution in [1.29, 1.82) is 0 Å². The van der Waals surface area contributed by atoms with Gasteiger partial charge in [-0.05, 0) is 43.7 Å². The van der Waals surface area contributed by atoms with Gasteiger partial charge in [-0.25, -0.2) is 8.42 Å². The number of halogens is 3. The van der Waals surface area contributed by atoms with Gasteiger partial charge in [0.2, 0.25) is 0 Å². The highest BCUT2D eigenvalue weighted by molar-refractivity contribution is 7.90. The molecule has 0 aliphatic rings. The van der Waals surface area contributed by atoms with Crippen molar-refractivity contribution in [3.05, 3.63) is 84.0 Å². The lowest BCUT2D eigenvalue weighted by Gasteiger charge is -2.25. The molecule has 0 aromatic heterocycles. The van der Waals surface area contributed by atoms with Crippen LogP contribution in [-0.2, 0) is 21.0 Å². The second kappa shape index (κ2) is 7.63. The number of sulfonamides is 1. The normalized spacial score (nSPS) is 11.8. The van der Waals surface area contributed by atoms with E-state index >= 15 is 0 Å². The van der Waals surface area contributed by atoms with Gasteiger partial charge in [0.1, 0.15) is 0 Å². The number of benzene rings is 2. The third-order valence-electron chi connectivity index (χ3n) is 3.90. The van der Waals surface area contributed by atoms with Crippen molar-refractivity contribution in [3.63, 3.8) is 0 Å². The number of rotatable bonds is 5. The van der Waals surface area contributed by atoms with Crippen LogP contribution in [0.4, 0.5) is 13.2 Å². The average molecular weight is 409 g/mol. The Balaban J connectivity index is 2.54. The van der Waals surface area contributed by atoms with E-state index in [0.29, 0.717) is 4.31 Å². The Morgan fingerprint density at radius 3 is 1.89 bits per heavy atom. The van der Waals surface area contributed by atoms with E-state index in [2.05, 4.69) is 13.2 Å². The Morgan fingerprint density at radius 2 is 1.46 bits per heavy atom. The van der Waals surface area contributed by atoms with E-state index in [0.717, 1.165) is 29.8 Å². The van der Waals surface area contributed by atoms with E-state index in [-0.39, 0.29) is 21.7 Å². The molecule has 0 fully saturated rings. The Labute approximate surface area is 161 Å². The minimum absolute atomic E-state index is 0.0540. The van der Waals surface area contributed by atoms with E-state index < -0.39 is 27.7 Å². The van der Waals surface area contributed by atoms with Crippen molar-refractivity contribution in [2.24, 2.45) is 0 Å². The van der Waals surface area contributed by atoms with Crippen LogP contribution in [0.1, 0.15) is 23.6 Å². The summed E-state index contributed by atoms with van der Waals surface area (Å²) in [6.07, 6.45) is -4.54. The molecule has 0 aliphatic heterocycles. The molecule has 0 bridgehead atoms.